The quantitative estimate of drug-likeness (QED) is 0.539. The van der Waals surface area contributed by atoms with Crippen LogP contribution < -0.4 is 5.32 Å². The van der Waals surface area contributed by atoms with Gasteiger partial charge in [0.15, 0.2) is 0 Å². The second-order valence-electron chi connectivity index (χ2n) is 6.52. The van der Waals surface area contributed by atoms with Crippen LogP contribution in [0.15, 0.2) is 47.4 Å². The van der Waals surface area contributed by atoms with E-state index in [9.17, 15) is 23.3 Å². The fourth-order valence-corrected chi connectivity index (χ4v) is 5.24. The van der Waals surface area contributed by atoms with Gasteiger partial charge in [-0.3, -0.25) is 14.9 Å². The number of rotatable bonds is 5. The third kappa shape index (κ3) is 4.69. The van der Waals surface area contributed by atoms with Gasteiger partial charge < -0.3 is 5.32 Å². The molecule has 0 aromatic heterocycles. The summed E-state index contributed by atoms with van der Waals surface area (Å²) in [5.41, 5.74) is 0.138. The number of carbonyl (C=O) groups excluding carboxylic acids is 1. The largest absolute Gasteiger partial charge is 0.325 e. The van der Waals surface area contributed by atoms with Crippen molar-refractivity contribution in [3.63, 3.8) is 0 Å². The molecule has 0 saturated carbocycles. The van der Waals surface area contributed by atoms with Crippen molar-refractivity contribution in [1.82, 2.24) is 4.31 Å². The van der Waals surface area contributed by atoms with Crippen LogP contribution >= 0.6 is 23.2 Å². The van der Waals surface area contributed by atoms with Crippen LogP contribution in [-0.4, -0.2) is 36.6 Å². The molecule has 1 saturated heterocycles. The van der Waals surface area contributed by atoms with Gasteiger partial charge in [0.25, 0.3) is 5.69 Å². The second kappa shape index (κ2) is 8.66. The Balaban J connectivity index is 1.70. The van der Waals surface area contributed by atoms with Gasteiger partial charge in [-0.25, -0.2) is 8.42 Å². The minimum atomic E-state index is -4.02. The average Bonchev–Trinajstić information content (AvgIpc) is 2.69. The fourth-order valence-electron chi connectivity index (χ4n) is 3.10. The second-order valence-corrected chi connectivity index (χ2v) is 9.24. The SMILES string of the molecule is O=C(Nc1ccccc1Cl)C1CCN(S(=O)(=O)c2cc([N+](=O)[O-])ccc2Cl)CC1. The number of hydrogen-bond acceptors (Lipinski definition) is 5. The Kier molecular flexibility index (Phi) is 6.42. The van der Waals surface area contributed by atoms with Crippen molar-refractivity contribution in [2.75, 3.05) is 18.4 Å². The lowest BCUT2D eigenvalue weighted by atomic mass is 9.97. The summed E-state index contributed by atoms with van der Waals surface area (Å²) in [5, 5.41) is 14.0. The lowest BCUT2D eigenvalue weighted by molar-refractivity contribution is -0.385. The van der Waals surface area contributed by atoms with Gasteiger partial charge in [0.05, 0.1) is 20.7 Å². The van der Waals surface area contributed by atoms with Gasteiger partial charge in [-0.15, -0.1) is 0 Å². The summed E-state index contributed by atoms with van der Waals surface area (Å²) in [5.74, 6) is -0.609. The molecule has 0 atom stereocenters. The molecule has 11 heteroatoms. The molecular formula is C18H17Cl2N3O5S. The first-order chi connectivity index (χ1) is 13.7. The molecule has 0 bridgehead atoms. The van der Waals surface area contributed by atoms with Crippen LogP contribution in [0.25, 0.3) is 0 Å². The van der Waals surface area contributed by atoms with E-state index < -0.39 is 14.9 Å². The van der Waals surface area contributed by atoms with Crippen molar-refractivity contribution in [2.45, 2.75) is 17.7 Å². The topological polar surface area (TPSA) is 110 Å². The Morgan fingerprint density at radius 2 is 1.76 bits per heavy atom. The summed E-state index contributed by atoms with van der Waals surface area (Å²) in [7, 11) is -4.02. The zero-order chi connectivity index (χ0) is 21.2. The monoisotopic (exact) mass is 457 g/mol. The van der Waals surface area contributed by atoms with Crippen LogP contribution in [0, 0.1) is 16.0 Å². The van der Waals surface area contributed by atoms with E-state index in [1.165, 1.54) is 10.4 Å². The number of benzene rings is 2. The molecule has 1 heterocycles. The molecule has 0 spiro atoms. The van der Waals surface area contributed by atoms with E-state index in [0.717, 1.165) is 12.1 Å². The van der Waals surface area contributed by atoms with Crippen molar-refractivity contribution in [3.8, 4) is 0 Å². The van der Waals surface area contributed by atoms with Crippen LogP contribution in [0.1, 0.15) is 12.8 Å². The molecule has 29 heavy (non-hydrogen) atoms. The molecule has 1 N–H and O–H groups in total. The number of nitrogens with one attached hydrogen (secondary N) is 1. The van der Waals surface area contributed by atoms with Gasteiger partial charge in [-0.05, 0) is 31.0 Å². The van der Waals surface area contributed by atoms with E-state index in [-0.39, 0.29) is 40.5 Å². The van der Waals surface area contributed by atoms with E-state index in [2.05, 4.69) is 5.32 Å². The van der Waals surface area contributed by atoms with E-state index >= 15 is 0 Å². The number of anilines is 1. The molecular weight excluding hydrogens is 441 g/mol. The smallest absolute Gasteiger partial charge is 0.270 e. The first-order valence-corrected chi connectivity index (χ1v) is 10.9. The van der Waals surface area contributed by atoms with Crippen molar-refractivity contribution in [2.24, 2.45) is 5.92 Å². The van der Waals surface area contributed by atoms with Gasteiger partial charge in [0.2, 0.25) is 15.9 Å². The number of hydrogen-bond donors (Lipinski definition) is 1. The molecule has 3 rings (SSSR count). The molecule has 1 aliphatic heterocycles. The average molecular weight is 458 g/mol. The Hall–Kier alpha value is -2.20. The molecule has 0 radical (unpaired) electrons. The standard InChI is InChI=1S/C18H17Cl2N3O5S/c19-14-3-1-2-4-16(14)21-18(24)12-7-9-22(10-8-12)29(27,28)17-11-13(23(25)26)5-6-15(17)20/h1-6,11-12H,7-10H2,(H,21,24). The van der Waals surface area contributed by atoms with E-state index in [1.807, 2.05) is 0 Å². The van der Waals surface area contributed by atoms with Gasteiger partial charge in [-0.1, -0.05) is 35.3 Å². The normalized spacial score (nSPS) is 15.8. The number of para-hydroxylation sites is 1. The number of halogens is 2. The number of amides is 1. The number of carbonyl (C=O) groups is 1. The van der Waals surface area contributed by atoms with Crippen LogP contribution in [0.3, 0.4) is 0 Å². The number of non-ortho nitro benzene ring substituents is 1. The van der Waals surface area contributed by atoms with Gasteiger partial charge in [0.1, 0.15) is 4.90 Å². The molecule has 1 fully saturated rings. The Morgan fingerprint density at radius 3 is 2.38 bits per heavy atom. The van der Waals surface area contributed by atoms with Gasteiger partial charge in [-0.2, -0.15) is 4.31 Å². The van der Waals surface area contributed by atoms with Crippen molar-refractivity contribution < 1.29 is 18.1 Å². The van der Waals surface area contributed by atoms with Crippen LogP contribution in [0.4, 0.5) is 11.4 Å². The molecule has 154 valence electrons. The molecule has 1 amide bonds. The summed E-state index contributed by atoms with van der Waals surface area (Å²) in [6, 6.07) is 10.1. The molecule has 0 aliphatic carbocycles. The van der Waals surface area contributed by atoms with Crippen molar-refractivity contribution >= 4 is 50.5 Å². The summed E-state index contributed by atoms with van der Waals surface area (Å²) in [6.45, 7) is 0.198. The maximum Gasteiger partial charge on any atom is 0.270 e. The highest BCUT2D eigenvalue weighted by Crippen LogP contribution is 2.31. The van der Waals surface area contributed by atoms with E-state index in [4.69, 9.17) is 23.2 Å². The van der Waals surface area contributed by atoms with Crippen molar-refractivity contribution in [3.05, 3.63) is 62.6 Å². The van der Waals surface area contributed by atoms with Crippen LogP contribution in [0.5, 0.6) is 0 Å². The molecule has 8 nitrogen and oxygen atoms in total. The van der Waals surface area contributed by atoms with Crippen molar-refractivity contribution in [1.29, 1.82) is 0 Å². The number of sulfonamides is 1. The highest BCUT2D eigenvalue weighted by molar-refractivity contribution is 7.89. The molecule has 2 aromatic carbocycles. The molecule has 1 aliphatic rings. The number of piperidine rings is 1. The molecule has 0 unspecified atom stereocenters. The zero-order valence-corrected chi connectivity index (χ0v) is 17.4. The predicted molar refractivity (Wildman–Crippen MR) is 110 cm³/mol. The first kappa shape index (κ1) is 21.5. The van der Waals surface area contributed by atoms with E-state index in [0.29, 0.717) is 23.6 Å². The highest BCUT2D eigenvalue weighted by atomic mass is 35.5. The minimum Gasteiger partial charge on any atom is -0.325 e. The van der Waals surface area contributed by atoms with E-state index in [1.54, 1.807) is 24.3 Å². The Bertz CT molecular complexity index is 1050. The summed E-state index contributed by atoms with van der Waals surface area (Å²) < 4.78 is 27.0. The maximum absolute atomic E-state index is 12.9. The summed E-state index contributed by atoms with van der Waals surface area (Å²) in [6.07, 6.45) is 0.615. The number of nitrogens with zero attached hydrogens (tertiary/aromatic N) is 2. The number of nitro groups is 1. The fraction of sp³-hybridized carbons (Fsp3) is 0.278. The summed E-state index contributed by atoms with van der Waals surface area (Å²) >= 11 is 12.0. The first-order valence-electron chi connectivity index (χ1n) is 8.69. The van der Waals surface area contributed by atoms with Crippen LogP contribution in [-0.2, 0) is 14.8 Å². The summed E-state index contributed by atoms with van der Waals surface area (Å²) in [4.78, 5) is 22.5. The number of nitro benzene ring substituents is 1. The maximum atomic E-state index is 12.9. The van der Waals surface area contributed by atoms with Crippen LogP contribution in [0.2, 0.25) is 10.0 Å². The Morgan fingerprint density at radius 1 is 1.10 bits per heavy atom. The predicted octanol–water partition coefficient (Wildman–Crippen LogP) is 3.94. The molecule has 2 aromatic rings. The highest BCUT2D eigenvalue weighted by Gasteiger charge is 2.34. The van der Waals surface area contributed by atoms with Gasteiger partial charge >= 0.3 is 0 Å². The lowest BCUT2D eigenvalue weighted by Crippen LogP contribution is -2.41. The van der Waals surface area contributed by atoms with Gasteiger partial charge in [0, 0.05) is 31.1 Å². The third-order valence-corrected chi connectivity index (χ3v) is 7.41. The third-order valence-electron chi connectivity index (χ3n) is 4.70. The minimum absolute atomic E-state index is 0.0887. The Labute approximate surface area is 177 Å². The zero-order valence-electron chi connectivity index (χ0n) is 15.0. The lowest BCUT2D eigenvalue weighted by Gasteiger charge is -2.30.